The maximum Gasteiger partial charge on any atom is 0.263 e. The summed E-state index contributed by atoms with van der Waals surface area (Å²) in [6.45, 7) is 5.84. The molecule has 2 aliphatic carbocycles. The summed E-state index contributed by atoms with van der Waals surface area (Å²) in [5.41, 5.74) is 8.67. The highest BCUT2D eigenvalue weighted by Crippen LogP contribution is 2.53. The molecule has 2 saturated carbocycles. The Morgan fingerprint density at radius 2 is 2.10 bits per heavy atom. The molecule has 1 aromatic heterocycles. The predicted molar refractivity (Wildman–Crippen MR) is 89.2 cm³/mol. The number of anilines is 2. The van der Waals surface area contributed by atoms with Crippen molar-refractivity contribution in [3.63, 3.8) is 0 Å². The average Bonchev–Trinajstić information content (AvgIpc) is 3.38. The van der Waals surface area contributed by atoms with Gasteiger partial charge in [0, 0.05) is 18.7 Å². The van der Waals surface area contributed by atoms with E-state index in [9.17, 15) is 4.79 Å². The normalized spacial score (nSPS) is 19.3. The second-order valence-corrected chi connectivity index (χ2v) is 7.45. The van der Waals surface area contributed by atoms with Crippen LogP contribution in [-0.2, 0) is 0 Å². The molecule has 1 amide bonds. The van der Waals surface area contributed by atoms with E-state index in [0.717, 1.165) is 11.5 Å². The van der Waals surface area contributed by atoms with Crippen molar-refractivity contribution >= 4 is 27.9 Å². The summed E-state index contributed by atoms with van der Waals surface area (Å²) in [5, 5.41) is 7.60. The van der Waals surface area contributed by atoms with Crippen molar-refractivity contribution in [3.05, 3.63) is 10.4 Å². The van der Waals surface area contributed by atoms with Crippen molar-refractivity contribution < 1.29 is 4.79 Å². The largest absolute Gasteiger partial charge is 0.397 e. The second-order valence-electron chi connectivity index (χ2n) is 6.43. The number of hydrogen-bond acceptors (Lipinski definition) is 4. The van der Waals surface area contributed by atoms with Gasteiger partial charge in [-0.1, -0.05) is 6.92 Å². The van der Waals surface area contributed by atoms with Gasteiger partial charge in [-0.15, -0.1) is 11.3 Å². The van der Waals surface area contributed by atoms with Crippen LogP contribution in [0.3, 0.4) is 0 Å². The van der Waals surface area contributed by atoms with Crippen LogP contribution in [-0.4, -0.2) is 19.0 Å². The molecule has 4 nitrogen and oxygen atoms in total. The fraction of sp³-hybridized carbons (Fsp3) is 0.688. The third-order valence-electron chi connectivity index (χ3n) is 4.84. The summed E-state index contributed by atoms with van der Waals surface area (Å²) in [7, 11) is 0. The van der Waals surface area contributed by atoms with E-state index in [2.05, 4.69) is 17.6 Å². The van der Waals surface area contributed by atoms with E-state index in [0.29, 0.717) is 28.4 Å². The molecule has 21 heavy (non-hydrogen) atoms. The van der Waals surface area contributed by atoms with E-state index in [1.54, 1.807) is 0 Å². The highest BCUT2D eigenvalue weighted by atomic mass is 32.1. The van der Waals surface area contributed by atoms with E-state index in [1.165, 1.54) is 49.0 Å². The number of carbonyl (C=O) groups excluding carboxylic acids is 1. The number of amides is 1. The third-order valence-corrected chi connectivity index (χ3v) is 6.02. The first kappa shape index (κ1) is 14.7. The minimum absolute atomic E-state index is 0.0356. The lowest BCUT2D eigenvalue weighted by molar-refractivity contribution is 0.0960. The number of hydrogen-bond donors (Lipinski definition) is 3. The van der Waals surface area contributed by atoms with Gasteiger partial charge in [0.2, 0.25) is 0 Å². The summed E-state index contributed by atoms with van der Waals surface area (Å²) in [5.74, 6) is 0.523. The van der Waals surface area contributed by atoms with Gasteiger partial charge in [-0.25, -0.2) is 0 Å². The molecule has 0 spiro atoms. The lowest BCUT2D eigenvalue weighted by atomic mass is 10.0. The Balaban J connectivity index is 1.81. The molecular weight excluding hydrogens is 282 g/mol. The van der Waals surface area contributed by atoms with E-state index < -0.39 is 0 Å². The fourth-order valence-electron chi connectivity index (χ4n) is 2.87. The standard InChI is InChI=1S/C16H25N3OS/c1-3-16(7-8-16)9-19-15-11(10-5-6-10)12(17)13(21-15)14(20)18-4-2/h10,19H,3-9,17H2,1-2H3,(H,18,20). The van der Waals surface area contributed by atoms with Gasteiger partial charge in [0.1, 0.15) is 4.88 Å². The Morgan fingerprint density at radius 1 is 1.38 bits per heavy atom. The number of carbonyl (C=O) groups is 1. The van der Waals surface area contributed by atoms with Crippen LogP contribution in [0.25, 0.3) is 0 Å². The van der Waals surface area contributed by atoms with Crippen LogP contribution in [0.15, 0.2) is 0 Å². The molecule has 0 unspecified atom stereocenters. The summed E-state index contributed by atoms with van der Waals surface area (Å²) in [6.07, 6.45) is 6.26. The van der Waals surface area contributed by atoms with Crippen LogP contribution in [0.2, 0.25) is 0 Å². The van der Waals surface area contributed by atoms with Crippen LogP contribution in [0.5, 0.6) is 0 Å². The zero-order chi connectivity index (χ0) is 15.0. The Bertz CT molecular complexity index is 544. The van der Waals surface area contributed by atoms with Crippen molar-refractivity contribution in [1.82, 2.24) is 5.32 Å². The van der Waals surface area contributed by atoms with Gasteiger partial charge in [0.05, 0.1) is 10.7 Å². The molecule has 5 heteroatoms. The Morgan fingerprint density at radius 3 is 2.62 bits per heavy atom. The van der Waals surface area contributed by atoms with Gasteiger partial charge in [-0.3, -0.25) is 4.79 Å². The minimum Gasteiger partial charge on any atom is -0.397 e. The molecule has 116 valence electrons. The first-order valence-electron chi connectivity index (χ1n) is 8.04. The molecule has 0 aromatic carbocycles. The van der Waals surface area contributed by atoms with Gasteiger partial charge in [0.15, 0.2) is 0 Å². The quantitative estimate of drug-likeness (QED) is 0.721. The number of nitrogen functional groups attached to an aromatic ring is 1. The van der Waals surface area contributed by atoms with E-state index in [4.69, 9.17) is 5.73 Å². The topological polar surface area (TPSA) is 67.2 Å². The molecule has 1 aromatic rings. The smallest absolute Gasteiger partial charge is 0.263 e. The number of nitrogens with two attached hydrogens (primary N) is 1. The van der Waals surface area contributed by atoms with Crippen molar-refractivity contribution in [1.29, 1.82) is 0 Å². The fourth-order valence-corrected chi connectivity index (χ4v) is 3.99. The monoisotopic (exact) mass is 307 g/mol. The molecule has 2 fully saturated rings. The highest BCUT2D eigenvalue weighted by Gasteiger charge is 2.41. The average molecular weight is 307 g/mol. The molecular formula is C16H25N3OS. The van der Waals surface area contributed by atoms with Gasteiger partial charge in [-0.2, -0.15) is 0 Å². The number of thiophene rings is 1. The van der Waals surface area contributed by atoms with Crippen LogP contribution in [0.4, 0.5) is 10.7 Å². The van der Waals surface area contributed by atoms with Crippen molar-refractivity contribution in [2.24, 2.45) is 5.41 Å². The minimum atomic E-state index is -0.0356. The van der Waals surface area contributed by atoms with Crippen LogP contribution < -0.4 is 16.4 Å². The zero-order valence-corrected chi connectivity index (χ0v) is 13.7. The molecule has 2 aliphatic rings. The Hall–Kier alpha value is -1.23. The van der Waals surface area contributed by atoms with Gasteiger partial charge < -0.3 is 16.4 Å². The molecule has 0 radical (unpaired) electrons. The van der Waals surface area contributed by atoms with E-state index in [-0.39, 0.29) is 5.91 Å². The molecule has 0 atom stereocenters. The predicted octanol–water partition coefficient (Wildman–Crippen LogP) is 3.56. The second kappa shape index (κ2) is 5.52. The molecule has 0 saturated heterocycles. The summed E-state index contributed by atoms with van der Waals surface area (Å²) in [6, 6.07) is 0. The van der Waals surface area contributed by atoms with Gasteiger partial charge in [-0.05, 0) is 50.4 Å². The summed E-state index contributed by atoms with van der Waals surface area (Å²) in [4.78, 5) is 12.8. The summed E-state index contributed by atoms with van der Waals surface area (Å²) >= 11 is 1.53. The molecule has 0 aliphatic heterocycles. The zero-order valence-electron chi connectivity index (χ0n) is 12.9. The van der Waals surface area contributed by atoms with Crippen LogP contribution >= 0.6 is 11.3 Å². The van der Waals surface area contributed by atoms with Crippen molar-refractivity contribution in [3.8, 4) is 0 Å². The highest BCUT2D eigenvalue weighted by molar-refractivity contribution is 7.18. The maximum absolute atomic E-state index is 12.1. The lowest BCUT2D eigenvalue weighted by Crippen LogP contribution is -2.22. The maximum atomic E-state index is 12.1. The molecule has 0 bridgehead atoms. The first-order chi connectivity index (χ1) is 10.1. The Labute approximate surface area is 130 Å². The van der Waals surface area contributed by atoms with Crippen LogP contribution in [0.1, 0.15) is 67.1 Å². The molecule has 3 rings (SSSR count). The van der Waals surface area contributed by atoms with Crippen molar-refractivity contribution in [2.45, 2.75) is 51.9 Å². The number of rotatable bonds is 7. The SMILES string of the molecule is CCNC(=O)c1sc(NCC2(CC)CC2)c(C2CC2)c1N. The third kappa shape index (κ3) is 2.89. The van der Waals surface area contributed by atoms with Gasteiger partial charge in [0.25, 0.3) is 5.91 Å². The van der Waals surface area contributed by atoms with Crippen molar-refractivity contribution in [2.75, 3.05) is 24.1 Å². The Kier molecular flexibility index (Phi) is 3.86. The van der Waals surface area contributed by atoms with E-state index in [1.807, 2.05) is 6.92 Å². The molecule has 4 N–H and O–H groups in total. The first-order valence-corrected chi connectivity index (χ1v) is 8.86. The number of nitrogens with one attached hydrogen (secondary N) is 2. The molecule has 1 heterocycles. The lowest BCUT2D eigenvalue weighted by Gasteiger charge is -2.14. The van der Waals surface area contributed by atoms with Crippen LogP contribution in [0, 0.1) is 5.41 Å². The summed E-state index contributed by atoms with van der Waals surface area (Å²) < 4.78 is 0. The van der Waals surface area contributed by atoms with Gasteiger partial charge >= 0.3 is 0 Å². The van der Waals surface area contributed by atoms with E-state index >= 15 is 0 Å².